The SMILES string of the molecule is CCOC(=O)N1CCN(C[C](C)C)C[C@H]1C. The van der Waals surface area contributed by atoms with Crippen molar-refractivity contribution in [3.8, 4) is 0 Å². The molecule has 0 spiro atoms. The molecule has 0 bridgehead atoms. The number of hydrogen-bond donors (Lipinski definition) is 0. The summed E-state index contributed by atoms with van der Waals surface area (Å²) in [6.07, 6.45) is -0.174. The fourth-order valence-electron chi connectivity index (χ4n) is 2.10. The van der Waals surface area contributed by atoms with Crippen molar-refractivity contribution < 1.29 is 9.53 Å². The van der Waals surface area contributed by atoms with E-state index in [0.29, 0.717) is 6.61 Å². The molecule has 0 aliphatic carbocycles. The lowest BCUT2D eigenvalue weighted by molar-refractivity contribution is 0.0557. The van der Waals surface area contributed by atoms with Crippen LogP contribution in [0.1, 0.15) is 27.7 Å². The van der Waals surface area contributed by atoms with Gasteiger partial charge in [0.25, 0.3) is 0 Å². The van der Waals surface area contributed by atoms with E-state index in [-0.39, 0.29) is 12.1 Å². The van der Waals surface area contributed by atoms with Crippen LogP contribution in [0.15, 0.2) is 0 Å². The van der Waals surface area contributed by atoms with Gasteiger partial charge in [0.1, 0.15) is 0 Å². The molecule has 1 atom stereocenters. The first-order chi connectivity index (χ1) is 7.54. The summed E-state index contributed by atoms with van der Waals surface area (Å²) < 4.78 is 5.03. The maximum atomic E-state index is 11.6. The van der Waals surface area contributed by atoms with E-state index in [4.69, 9.17) is 4.74 Å². The first-order valence-corrected chi connectivity index (χ1v) is 5.99. The van der Waals surface area contributed by atoms with Crippen LogP contribution in [-0.2, 0) is 4.74 Å². The average molecular weight is 227 g/mol. The Morgan fingerprint density at radius 2 is 2.06 bits per heavy atom. The lowest BCUT2D eigenvalue weighted by Gasteiger charge is -2.39. The van der Waals surface area contributed by atoms with E-state index in [2.05, 4.69) is 25.7 Å². The van der Waals surface area contributed by atoms with Crippen LogP contribution in [-0.4, -0.2) is 54.7 Å². The molecule has 1 aliphatic heterocycles. The third-order valence-electron chi connectivity index (χ3n) is 2.75. The molecule has 0 aromatic rings. The van der Waals surface area contributed by atoms with Crippen molar-refractivity contribution in [2.75, 3.05) is 32.8 Å². The van der Waals surface area contributed by atoms with Crippen molar-refractivity contribution in [3.63, 3.8) is 0 Å². The minimum absolute atomic E-state index is 0.174. The Hall–Kier alpha value is -0.770. The van der Waals surface area contributed by atoms with E-state index >= 15 is 0 Å². The molecule has 4 nitrogen and oxygen atoms in total. The molecule has 16 heavy (non-hydrogen) atoms. The predicted octanol–water partition coefficient (Wildman–Crippen LogP) is 1.76. The van der Waals surface area contributed by atoms with E-state index in [1.54, 1.807) is 0 Å². The van der Waals surface area contributed by atoms with Gasteiger partial charge in [0, 0.05) is 32.2 Å². The van der Waals surface area contributed by atoms with Crippen LogP contribution in [0.3, 0.4) is 0 Å². The smallest absolute Gasteiger partial charge is 0.410 e. The Balaban J connectivity index is 2.42. The molecule has 1 aliphatic rings. The highest BCUT2D eigenvalue weighted by Crippen LogP contribution is 2.12. The Kier molecular flexibility index (Phi) is 5.06. The summed E-state index contributed by atoms with van der Waals surface area (Å²) >= 11 is 0. The number of carbonyl (C=O) groups is 1. The Morgan fingerprint density at radius 1 is 1.38 bits per heavy atom. The summed E-state index contributed by atoms with van der Waals surface area (Å²) in [5, 5.41) is 0. The van der Waals surface area contributed by atoms with Crippen LogP contribution >= 0.6 is 0 Å². The zero-order valence-corrected chi connectivity index (χ0v) is 10.8. The molecule has 0 aromatic heterocycles. The number of amides is 1. The highest BCUT2D eigenvalue weighted by Gasteiger charge is 2.28. The second-order valence-corrected chi connectivity index (χ2v) is 4.68. The third kappa shape index (κ3) is 3.67. The van der Waals surface area contributed by atoms with E-state index in [1.807, 2.05) is 11.8 Å². The molecular weight excluding hydrogens is 204 g/mol. The van der Waals surface area contributed by atoms with Gasteiger partial charge >= 0.3 is 6.09 Å². The Labute approximate surface area is 98.5 Å². The van der Waals surface area contributed by atoms with Gasteiger partial charge in [-0.25, -0.2) is 4.79 Å². The number of ether oxygens (including phenoxy) is 1. The van der Waals surface area contributed by atoms with Crippen LogP contribution in [0.4, 0.5) is 4.79 Å². The molecule has 1 heterocycles. The molecule has 1 radical (unpaired) electrons. The van der Waals surface area contributed by atoms with Gasteiger partial charge in [-0.2, -0.15) is 0 Å². The largest absolute Gasteiger partial charge is 0.450 e. The quantitative estimate of drug-likeness (QED) is 0.736. The van der Waals surface area contributed by atoms with Gasteiger partial charge in [0.2, 0.25) is 0 Å². The summed E-state index contributed by atoms with van der Waals surface area (Å²) in [6, 6.07) is 0.243. The van der Waals surface area contributed by atoms with Gasteiger partial charge in [-0.1, -0.05) is 13.8 Å². The van der Waals surface area contributed by atoms with Gasteiger partial charge in [-0.05, 0) is 19.8 Å². The van der Waals surface area contributed by atoms with E-state index in [9.17, 15) is 4.79 Å². The van der Waals surface area contributed by atoms with Crippen LogP contribution in [0, 0.1) is 5.92 Å². The maximum absolute atomic E-state index is 11.6. The van der Waals surface area contributed by atoms with Crippen molar-refractivity contribution >= 4 is 6.09 Å². The highest BCUT2D eigenvalue weighted by molar-refractivity contribution is 5.68. The summed E-state index contributed by atoms with van der Waals surface area (Å²) in [5.74, 6) is 1.41. The molecule has 0 aromatic carbocycles. The minimum Gasteiger partial charge on any atom is -0.450 e. The molecule has 93 valence electrons. The summed E-state index contributed by atoms with van der Waals surface area (Å²) in [5.41, 5.74) is 0. The van der Waals surface area contributed by atoms with Crippen LogP contribution in [0.2, 0.25) is 0 Å². The minimum atomic E-state index is -0.174. The molecule has 1 saturated heterocycles. The third-order valence-corrected chi connectivity index (χ3v) is 2.75. The van der Waals surface area contributed by atoms with Gasteiger partial charge in [-0.3, -0.25) is 4.90 Å². The van der Waals surface area contributed by atoms with E-state index in [1.165, 1.54) is 5.92 Å². The second kappa shape index (κ2) is 6.09. The first-order valence-electron chi connectivity index (χ1n) is 5.99. The van der Waals surface area contributed by atoms with E-state index in [0.717, 1.165) is 26.2 Å². The molecule has 4 heteroatoms. The normalized spacial score (nSPS) is 22.6. The average Bonchev–Trinajstić information content (AvgIpc) is 2.16. The number of rotatable bonds is 3. The molecule has 0 saturated carbocycles. The van der Waals surface area contributed by atoms with Gasteiger partial charge in [0.15, 0.2) is 0 Å². The number of hydrogen-bond acceptors (Lipinski definition) is 3. The fourth-order valence-corrected chi connectivity index (χ4v) is 2.10. The van der Waals surface area contributed by atoms with Gasteiger partial charge in [-0.15, -0.1) is 0 Å². The fraction of sp³-hybridized carbons (Fsp3) is 0.833. The van der Waals surface area contributed by atoms with Crippen molar-refractivity contribution in [2.45, 2.75) is 33.7 Å². The lowest BCUT2D eigenvalue weighted by atomic mass is 10.1. The monoisotopic (exact) mass is 227 g/mol. The Bertz CT molecular complexity index is 231. The molecule has 1 fully saturated rings. The van der Waals surface area contributed by atoms with Crippen molar-refractivity contribution in [1.29, 1.82) is 0 Å². The topological polar surface area (TPSA) is 32.8 Å². The number of carbonyl (C=O) groups excluding carboxylic acids is 1. The summed E-state index contributed by atoms with van der Waals surface area (Å²) in [6.45, 7) is 12.3. The first kappa shape index (κ1) is 13.3. The van der Waals surface area contributed by atoms with E-state index < -0.39 is 0 Å². The van der Waals surface area contributed by atoms with Crippen molar-refractivity contribution in [2.24, 2.45) is 0 Å². The standard InChI is InChI=1S/C12H23N2O2/c1-5-16-12(15)14-7-6-13(8-10(2)3)9-11(14)4/h11H,5-9H2,1-4H3/t11-/m1/s1. The molecular formula is C12H23N2O2. The number of piperazine rings is 1. The Morgan fingerprint density at radius 3 is 2.56 bits per heavy atom. The maximum Gasteiger partial charge on any atom is 0.410 e. The van der Waals surface area contributed by atoms with Crippen LogP contribution in [0.25, 0.3) is 0 Å². The molecule has 1 rings (SSSR count). The molecule has 0 unspecified atom stereocenters. The van der Waals surface area contributed by atoms with Crippen LogP contribution < -0.4 is 0 Å². The van der Waals surface area contributed by atoms with Crippen LogP contribution in [0.5, 0.6) is 0 Å². The summed E-state index contributed by atoms with van der Waals surface area (Å²) in [4.78, 5) is 15.8. The summed E-state index contributed by atoms with van der Waals surface area (Å²) in [7, 11) is 0. The highest BCUT2D eigenvalue weighted by atomic mass is 16.6. The zero-order chi connectivity index (χ0) is 12.1. The van der Waals surface area contributed by atoms with Gasteiger partial charge < -0.3 is 9.64 Å². The number of nitrogens with zero attached hydrogens (tertiary/aromatic N) is 2. The van der Waals surface area contributed by atoms with Gasteiger partial charge in [0.05, 0.1) is 6.61 Å². The zero-order valence-electron chi connectivity index (χ0n) is 10.8. The lowest BCUT2D eigenvalue weighted by Crippen LogP contribution is -2.54. The predicted molar refractivity (Wildman–Crippen MR) is 64.2 cm³/mol. The van der Waals surface area contributed by atoms with Crippen molar-refractivity contribution in [1.82, 2.24) is 9.80 Å². The molecule has 1 amide bonds. The second-order valence-electron chi connectivity index (χ2n) is 4.68. The van der Waals surface area contributed by atoms with Crippen molar-refractivity contribution in [3.05, 3.63) is 5.92 Å². The molecule has 0 N–H and O–H groups in total.